The second-order valence-corrected chi connectivity index (χ2v) is 10.0. The van der Waals surface area contributed by atoms with Crippen LogP contribution in [0, 0.1) is 0 Å². The Hall–Kier alpha value is -3.75. The maximum absolute atomic E-state index is 12.7. The number of piperidine rings is 1. The number of carbonyl (C=O) groups excluding carboxylic acids is 2. The molecule has 3 heterocycles. The Bertz CT molecular complexity index is 1190. The average molecular weight is 514 g/mol. The molecule has 0 unspecified atom stereocenters. The van der Waals surface area contributed by atoms with Crippen molar-refractivity contribution >= 4 is 17.7 Å². The number of hydrogen-bond donors (Lipinski definition) is 1. The highest BCUT2D eigenvalue weighted by Crippen LogP contribution is 2.19. The molecular formula is C30H35N5O3. The van der Waals surface area contributed by atoms with Gasteiger partial charge in [0.25, 0.3) is 5.91 Å². The van der Waals surface area contributed by atoms with Gasteiger partial charge < -0.3 is 15.0 Å². The second kappa shape index (κ2) is 12.7. The molecule has 1 N–H and O–H groups in total. The van der Waals surface area contributed by atoms with E-state index in [2.05, 4.69) is 26.2 Å². The molecule has 38 heavy (non-hydrogen) atoms. The van der Waals surface area contributed by atoms with Crippen LogP contribution in [-0.2, 0) is 13.1 Å². The van der Waals surface area contributed by atoms with Crippen LogP contribution >= 0.6 is 0 Å². The Balaban J connectivity index is 1.06. The fourth-order valence-corrected chi connectivity index (χ4v) is 4.95. The van der Waals surface area contributed by atoms with Crippen LogP contribution in [0.25, 0.3) is 0 Å². The molecule has 1 aromatic heterocycles. The van der Waals surface area contributed by atoms with Crippen LogP contribution in [0.3, 0.4) is 0 Å². The van der Waals surface area contributed by atoms with Gasteiger partial charge in [0.2, 0.25) is 0 Å². The van der Waals surface area contributed by atoms with E-state index in [9.17, 15) is 9.59 Å². The number of piperazine rings is 1. The first-order chi connectivity index (χ1) is 18.6. The lowest BCUT2D eigenvalue weighted by Crippen LogP contribution is -2.49. The largest absolute Gasteiger partial charge is 0.415 e. The van der Waals surface area contributed by atoms with Gasteiger partial charge in [-0.3, -0.25) is 19.6 Å². The number of nitrogens with one attached hydrogen (secondary N) is 1. The first kappa shape index (κ1) is 25.9. The van der Waals surface area contributed by atoms with Crippen LogP contribution in [0.15, 0.2) is 73.1 Å². The first-order valence-electron chi connectivity index (χ1n) is 13.4. The summed E-state index contributed by atoms with van der Waals surface area (Å²) >= 11 is 0. The van der Waals surface area contributed by atoms with Crippen molar-refractivity contribution in [2.75, 3.05) is 44.6 Å². The Morgan fingerprint density at radius 1 is 0.763 bits per heavy atom. The molecule has 0 spiro atoms. The van der Waals surface area contributed by atoms with Crippen LogP contribution < -0.4 is 10.1 Å². The molecule has 198 valence electrons. The van der Waals surface area contributed by atoms with E-state index in [1.165, 1.54) is 30.4 Å². The van der Waals surface area contributed by atoms with Crippen LogP contribution in [0.2, 0.25) is 0 Å². The zero-order valence-electron chi connectivity index (χ0n) is 21.7. The summed E-state index contributed by atoms with van der Waals surface area (Å²) in [6.45, 7) is 6.86. The summed E-state index contributed by atoms with van der Waals surface area (Å²) < 4.78 is 5.57. The van der Waals surface area contributed by atoms with Gasteiger partial charge in [0.15, 0.2) is 0 Å². The maximum atomic E-state index is 12.7. The number of aromatic nitrogens is 1. The SMILES string of the molecule is O=C(Nc1ccc(OC(=O)N2CCN(Cc3cccnc3)CC2)cc1)c1ccc(CN2CCCCC2)cc1. The summed E-state index contributed by atoms with van der Waals surface area (Å²) in [4.78, 5) is 36.0. The van der Waals surface area contributed by atoms with Crippen LogP contribution in [0.5, 0.6) is 5.75 Å². The smallest absolute Gasteiger partial charge is 0.410 e. The summed E-state index contributed by atoms with van der Waals surface area (Å²) in [5.74, 6) is 0.288. The number of anilines is 1. The molecule has 2 amide bonds. The topological polar surface area (TPSA) is 78.0 Å². The van der Waals surface area contributed by atoms with E-state index in [0.29, 0.717) is 30.1 Å². The summed E-state index contributed by atoms with van der Waals surface area (Å²) in [6, 6.07) is 18.7. The molecule has 2 saturated heterocycles. The van der Waals surface area contributed by atoms with Gasteiger partial charge in [-0.2, -0.15) is 0 Å². The van der Waals surface area contributed by atoms with Crippen molar-refractivity contribution in [1.82, 2.24) is 19.7 Å². The highest BCUT2D eigenvalue weighted by Gasteiger charge is 2.22. The lowest BCUT2D eigenvalue weighted by Gasteiger charge is -2.33. The molecule has 3 aromatic rings. The summed E-state index contributed by atoms with van der Waals surface area (Å²) in [5, 5.41) is 2.92. The van der Waals surface area contributed by atoms with Crippen molar-refractivity contribution in [3.63, 3.8) is 0 Å². The zero-order chi connectivity index (χ0) is 26.2. The molecule has 0 atom stereocenters. The number of likely N-dealkylation sites (tertiary alicyclic amines) is 1. The number of nitrogens with zero attached hydrogens (tertiary/aromatic N) is 4. The van der Waals surface area contributed by atoms with E-state index in [1.807, 2.05) is 36.5 Å². The van der Waals surface area contributed by atoms with Crippen LogP contribution in [-0.4, -0.2) is 71.0 Å². The Labute approximate surface area is 224 Å². The zero-order valence-corrected chi connectivity index (χ0v) is 21.7. The fraction of sp³-hybridized carbons (Fsp3) is 0.367. The Morgan fingerprint density at radius 2 is 1.45 bits per heavy atom. The first-order valence-corrected chi connectivity index (χ1v) is 13.4. The van der Waals surface area contributed by atoms with Gasteiger partial charge in [-0.05, 0) is 79.5 Å². The van der Waals surface area contributed by atoms with E-state index in [-0.39, 0.29) is 12.0 Å². The third-order valence-electron chi connectivity index (χ3n) is 7.15. The minimum absolute atomic E-state index is 0.163. The maximum Gasteiger partial charge on any atom is 0.415 e. The minimum atomic E-state index is -0.354. The monoisotopic (exact) mass is 513 g/mol. The molecule has 0 radical (unpaired) electrons. The number of amides is 2. The standard InChI is InChI=1S/C30H35N5O3/c36-29(26-8-6-24(7-9-26)22-33-15-2-1-3-16-33)32-27-10-12-28(13-11-27)38-30(37)35-19-17-34(18-20-35)23-25-5-4-14-31-21-25/h4-14,21H,1-3,15-20,22-23H2,(H,32,36). The molecule has 2 aliphatic heterocycles. The molecule has 0 bridgehead atoms. The van der Waals surface area contributed by atoms with Crippen LogP contribution in [0.4, 0.5) is 10.5 Å². The van der Waals surface area contributed by atoms with Gasteiger partial charge >= 0.3 is 6.09 Å². The van der Waals surface area contributed by atoms with Gasteiger partial charge in [0.1, 0.15) is 5.75 Å². The number of rotatable bonds is 7. The molecule has 8 heteroatoms. The molecule has 2 fully saturated rings. The fourth-order valence-electron chi connectivity index (χ4n) is 4.95. The molecule has 0 saturated carbocycles. The lowest BCUT2D eigenvalue weighted by atomic mass is 10.1. The number of ether oxygens (including phenoxy) is 1. The van der Waals surface area contributed by atoms with E-state index in [1.54, 1.807) is 35.4 Å². The van der Waals surface area contributed by atoms with Gasteiger partial charge in [-0.15, -0.1) is 0 Å². The van der Waals surface area contributed by atoms with E-state index >= 15 is 0 Å². The quantitative estimate of drug-likeness (QED) is 0.496. The Kier molecular flexibility index (Phi) is 8.63. The number of carbonyl (C=O) groups is 2. The third-order valence-corrected chi connectivity index (χ3v) is 7.15. The molecular weight excluding hydrogens is 478 g/mol. The van der Waals surface area contributed by atoms with Gasteiger partial charge in [0, 0.05) is 62.9 Å². The Morgan fingerprint density at radius 3 is 2.13 bits per heavy atom. The van der Waals surface area contributed by atoms with Crippen molar-refractivity contribution in [3.05, 3.63) is 89.7 Å². The highest BCUT2D eigenvalue weighted by atomic mass is 16.6. The molecule has 2 aromatic carbocycles. The van der Waals surface area contributed by atoms with E-state index < -0.39 is 0 Å². The predicted octanol–water partition coefficient (Wildman–Crippen LogP) is 4.64. The molecule has 5 rings (SSSR count). The third kappa shape index (κ3) is 7.18. The lowest BCUT2D eigenvalue weighted by molar-refractivity contribution is 0.102. The molecule has 8 nitrogen and oxygen atoms in total. The van der Waals surface area contributed by atoms with Gasteiger partial charge in [-0.25, -0.2) is 4.79 Å². The number of benzene rings is 2. The van der Waals surface area contributed by atoms with Crippen molar-refractivity contribution < 1.29 is 14.3 Å². The van der Waals surface area contributed by atoms with Gasteiger partial charge in [-0.1, -0.05) is 24.6 Å². The normalized spacial score (nSPS) is 16.7. The van der Waals surface area contributed by atoms with E-state index in [4.69, 9.17) is 4.74 Å². The molecule has 2 aliphatic rings. The minimum Gasteiger partial charge on any atom is -0.410 e. The predicted molar refractivity (Wildman–Crippen MR) is 147 cm³/mol. The summed E-state index contributed by atoms with van der Waals surface area (Å²) in [7, 11) is 0. The van der Waals surface area contributed by atoms with Crippen molar-refractivity contribution in [2.45, 2.75) is 32.4 Å². The van der Waals surface area contributed by atoms with E-state index in [0.717, 1.165) is 39.3 Å². The number of pyridine rings is 1. The van der Waals surface area contributed by atoms with Crippen LogP contribution in [0.1, 0.15) is 40.7 Å². The van der Waals surface area contributed by atoms with Crippen molar-refractivity contribution in [3.8, 4) is 5.75 Å². The summed E-state index contributed by atoms with van der Waals surface area (Å²) in [6.07, 6.45) is 7.15. The highest BCUT2D eigenvalue weighted by molar-refractivity contribution is 6.04. The second-order valence-electron chi connectivity index (χ2n) is 10.0. The number of hydrogen-bond acceptors (Lipinski definition) is 6. The van der Waals surface area contributed by atoms with Crippen molar-refractivity contribution in [1.29, 1.82) is 0 Å². The summed E-state index contributed by atoms with van der Waals surface area (Å²) in [5.41, 5.74) is 3.66. The average Bonchev–Trinajstić information content (AvgIpc) is 2.96. The van der Waals surface area contributed by atoms with Gasteiger partial charge in [0.05, 0.1) is 0 Å². The molecule has 0 aliphatic carbocycles. The van der Waals surface area contributed by atoms with Crippen molar-refractivity contribution in [2.24, 2.45) is 0 Å².